The molecule has 1 fully saturated rings. The molecule has 0 radical (unpaired) electrons. The summed E-state index contributed by atoms with van der Waals surface area (Å²) >= 11 is 0. The predicted molar refractivity (Wildman–Crippen MR) is 53.4 cm³/mol. The van der Waals surface area contributed by atoms with E-state index in [9.17, 15) is 4.79 Å². The van der Waals surface area contributed by atoms with Crippen LogP contribution in [0.1, 0.15) is 0 Å². The SMILES string of the molecule is NCN1CCN(CCNC([NH3+])=O)CC1. The average Bonchev–Trinajstić information content (AvgIpc) is 2.18. The van der Waals surface area contributed by atoms with Gasteiger partial charge >= 0.3 is 6.03 Å². The van der Waals surface area contributed by atoms with E-state index in [0.29, 0.717) is 13.2 Å². The zero-order valence-electron chi connectivity index (χ0n) is 8.54. The number of carbonyl (C=O) groups is 1. The van der Waals surface area contributed by atoms with Crippen LogP contribution in [0.5, 0.6) is 0 Å². The van der Waals surface area contributed by atoms with Crippen molar-refractivity contribution in [2.45, 2.75) is 0 Å². The van der Waals surface area contributed by atoms with E-state index in [4.69, 9.17) is 5.73 Å². The smallest absolute Gasteiger partial charge is 0.318 e. The van der Waals surface area contributed by atoms with Crippen molar-refractivity contribution in [3.63, 3.8) is 0 Å². The Morgan fingerprint density at radius 1 is 1.29 bits per heavy atom. The first-order valence-electron chi connectivity index (χ1n) is 4.97. The molecule has 0 spiro atoms. The largest absolute Gasteiger partial charge is 0.411 e. The molecule has 1 heterocycles. The molecular weight excluding hydrogens is 182 g/mol. The van der Waals surface area contributed by atoms with Crippen LogP contribution in [0.4, 0.5) is 4.79 Å². The maximum absolute atomic E-state index is 10.5. The van der Waals surface area contributed by atoms with Gasteiger partial charge in [-0.15, -0.1) is 0 Å². The first-order valence-corrected chi connectivity index (χ1v) is 4.97. The summed E-state index contributed by atoms with van der Waals surface area (Å²) in [4.78, 5) is 15.1. The number of quaternary nitrogens is 1. The molecule has 1 aliphatic rings. The Morgan fingerprint density at radius 2 is 1.86 bits per heavy atom. The summed E-state index contributed by atoms with van der Waals surface area (Å²) in [5, 5.41) is 2.69. The van der Waals surface area contributed by atoms with Gasteiger partial charge in [-0.25, -0.2) is 4.79 Å². The highest BCUT2D eigenvalue weighted by Crippen LogP contribution is 1.98. The molecule has 1 rings (SSSR count). The Kier molecular flexibility index (Phi) is 4.81. The first kappa shape index (κ1) is 11.4. The zero-order valence-corrected chi connectivity index (χ0v) is 8.54. The zero-order chi connectivity index (χ0) is 10.4. The number of nitrogens with zero attached hydrogens (tertiary/aromatic N) is 2. The quantitative estimate of drug-likeness (QED) is 0.469. The number of urea groups is 1. The molecule has 14 heavy (non-hydrogen) atoms. The lowest BCUT2D eigenvalue weighted by Gasteiger charge is -2.33. The van der Waals surface area contributed by atoms with Crippen molar-refractivity contribution in [2.24, 2.45) is 5.73 Å². The molecule has 1 saturated heterocycles. The number of hydrogen-bond acceptors (Lipinski definition) is 4. The maximum atomic E-state index is 10.5. The molecule has 0 aliphatic carbocycles. The summed E-state index contributed by atoms with van der Waals surface area (Å²) < 4.78 is 0. The van der Waals surface area contributed by atoms with Crippen molar-refractivity contribution in [3.05, 3.63) is 0 Å². The molecule has 0 unspecified atom stereocenters. The lowest BCUT2D eigenvalue weighted by molar-refractivity contribution is -0.250. The highest BCUT2D eigenvalue weighted by molar-refractivity contribution is 5.61. The molecular formula is C8H20N5O+. The van der Waals surface area contributed by atoms with Crippen LogP contribution in [0, 0.1) is 0 Å². The predicted octanol–water partition coefficient (Wildman–Crippen LogP) is -2.53. The number of nitrogens with two attached hydrogens (primary N) is 1. The summed E-state index contributed by atoms with van der Waals surface area (Å²) in [5.74, 6) is 0. The molecule has 0 saturated carbocycles. The topological polar surface area (TPSA) is 89.2 Å². The molecule has 6 N–H and O–H groups in total. The number of hydrogen-bond donors (Lipinski definition) is 3. The lowest BCUT2D eigenvalue weighted by atomic mass is 10.3. The summed E-state index contributed by atoms with van der Waals surface area (Å²) in [6.45, 7) is 6.34. The molecule has 6 nitrogen and oxygen atoms in total. The van der Waals surface area contributed by atoms with Gasteiger partial charge < -0.3 is 11.1 Å². The molecule has 0 aromatic heterocycles. The Balaban J connectivity index is 2.07. The Bertz CT molecular complexity index is 179. The van der Waals surface area contributed by atoms with Crippen LogP contribution < -0.4 is 16.8 Å². The van der Waals surface area contributed by atoms with E-state index in [0.717, 1.165) is 32.7 Å². The standard InChI is InChI=1S/C8H19N5O/c9-7-13-5-3-12(4-6-13)2-1-11-8(10)14/h1-7,9H2,(H3,10,11,14)/p+1. The molecule has 0 bridgehead atoms. The molecule has 6 heteroatoms. The van der Waals surface area contributed by atoms with Gasteiger partial charge in [0.2, 0.25) is 0 Å². The van der Waals surface area contributed by atoms with E-state index >= 15 is 0 Å². The van der Waals surface area contributed by atoms with Crippen LogP contribution in [0.2, 0.25) is 0 Å². The molecule has 2 amide bonds. The van der Waals surface area contributed by atoms with Crippen LogP contribution in [-0.2, 0) is 0 Å². The fraction of sp³-hybridized carbons (Fsp3) is 0.875. The van der Waals surface area contributed by atoms with E-state index in [1.165, 1.54) is 0 Å². The van der Waals surface area contributed by atoms with Gasteiger partial charge in [0.25, 0.3) is 0 Å². The third-order valence-electron chi connectivity index (χ3n) is 2.47. The van der Waals surface area contributed by atoms with Gasteiger partial charge in [0.15, 0.2) is 0 Å². The average molecular weight is 202 g/mol. The van der Waals surface area contributed by atoms with Gasteiger partial charge in [-0.3, -0.25) is 15.5 Å². The number of nitrogens with one attached hydrogen (secondary N) is 1. The second-order valence-electron chi connectivity index (χ2n) is 3.49. The van der Waals surface area contributed by atoms with Gasteiger partial charge in [-0.1, -0.05) is 0 Å². The molecule has 82 valence electrons. The van der Waals surface area contributed by atoms with Crippen molar-refractivity contribution < 1.29 is 10.5 Å². The van der Waals surface area contributed by atoms with E-state index in [-0.39, 0.29) is 6.03 Å². The van der Waals surface area contributed by atoms with Gasteiger partial charge in [0.05, 0.1) is 0 Å². The Hall–Kier alpha value is -0.690. The fourth-order valence-electron chi connectivity index (χ4n) is 1.55. The monoisotopic (exact) mass is 202 g/mol. The van der Waals surface area contributed by atoms with Gasteiger partial charge in [0, 0.05) is 45.9 Å². The Morgan fingerprint density at radius 3 is 2.36 bits per heavy atom. The van der Waals surface area contributed by atoms with Gasteiger partial charge in [-0.2, -0.15) is 0 Å². The van der Waals surface area contributed by atoms with E-state index in [1.807, 2.05) is 0 Å². The van der Waals surface area contributed by atoms with Gasteiger partial charge in [-0.05, 0) is 0 Å². The highest BCUT2D eigenvalue weighted by atomic mass is 16.2. The van der Waals surface area contributed by atoms with Gasteiger partial charge in [0.1, 0.15) is 0 Å². The third-order valence-corrected chi connectivity index (χ3v) is 2.47. The molecule has 0 atom stereocenters. The third kappa shape index (κ3) is 4.01. The summed E-state index contributed by atoms with van der Waals surface area (Å²) in [5.41, 5.74) is 8.78. The van der Waals surface area contributed by atoms with Crippen molar-refractivity contribution in [3.8, 4) is 0 Å². The number of amides is 2. The second-order valence-corrected chi connectivity index (χ2v) is 3.49. The minimum atomic E-state index is -0.203. The molecule has 0 aromatic carbocycles. The normalized spacial score (nSPS) is 19.6. The number of carbonyl (C=O) groups excluding carboxylic acids is 1. The van der Waals surface area contributed by atoms with Crippen LogP contribution >= 0.6 is 0 Å². The van der Waals surface area contributed by atoms with E-state index in [1.54, 1.807) is 0 Å². The fourth-order valence-corrected chi connectivity index (χ4v) is 1.55. The van der Waals surface area contributed by atoms with Crippen LogP contribution in [-0.4, -0.2) is 61.8 Å². The van der Waals surface area contributed by atoms with Crippen molar-refractivity contribution in [1.29, 1.82) is 0 Å². The van der Waals surface area contributed by atoms with Crippen LogP contribution in [0.25, 0.3) is 0 Å². The lowest BCUT2D eigenvalue weighted by Crippen LogP contribution is -2.63. The summed E-state index contributed by atoms with van der Waals surface area (Å²) in [6, 6.07) is -0.203. The Labute approximate surface area is 84.2 Å². The first-order chi connectivity index (χ1) is 6.72. The van der Waals surface area contributed by atoms with E-state index in [2.05, 4.69) is 20.9 Å². The maximum Gasteiger partial charge on any atom is 0.411 e. The molecule has 0 aromatic rings. The highest BCUT2D eigenvalue weighted by Gasteiger charge is 2.14. The summed E-state index contributed by atoms with van der Waals surface area (Å²) in [6.07, 6.45) is 0. The minimum Gasteiger partial charge on any atom is -0.318 e. The second kappa shape index (κ2) is 5.92. The van der Waals surface area contributed by atoms with Crippen LogP contribution in [0.15, 0.2) is 0 Å². The van der Waals surface area contributed by atoms with Crippen molar-refractivity contribution >= 4 is 6.03 Å². The minimum absolute atomic E-state index is 0.203. The van der Waals surface area contributed by atoms with E-state index < -0.39 is 0 Å². The number of piperazine rings is 1. The summed E-state index contributed by atoms with van der Waals surface area (Å²) in [7, 11) is 0. The van der Waals surface area contributed by atoms with Crippen molar-refractivity contribution in [2.75, 3.05) is 45.9 Å². The van der Waals surface area contributed by atoms with Crippen LogP contribution in [0.3, 0.4) is 0 Å². The molecule has 1 aliphatic heterocycles. The number of rotatable bonds is 4. The van der Waals surface area contributed by atoms with Crippen molar-refractivity contribution in [1.82, 2.24) is 15.1 Å².